The molecule has 3 heterocycles. The standard InChI is InChI=1S/C17H20FN5O2/c1-23(17(24)11-2-3-14-10(6-11)4-5-25-14)9-15-20-16(22-21-15)13-7-12(18)8-19-13/h2-3,6,12-13,19H,4-5,7-9H2,1H3,(H,20,21,22)/t12-,13+/m0/s1. The summed E-state index contributed by atoms with van der Waals surface area (Å²) in [6.45, 7) is 1.30. The van der Waals surface area contributed by atoms with Crippen LogP contribution in [0.4, 0.5) is 4.39 Å². The largest absolute Gasteiger partial charge is 0.493 e. The van der Waals surface area contributed by atoms with Gasteiger partial charge in [-0.15, -0.1) is 0 Å². The molecule has 1 fully saturated rings. The highest BCUT2D eigenvalue weighted by atomic mass is 19.1. The van der Waals surface area contributed by atoms with Crippen molar-refractivity contribution in [1.82, 2.24) is 25.4 Å². The number of carbonyl (C=O) groups excluding carboxylic acids is 1. The van der Waals surface area contributed by atoms with E-state index in [1.807, 2.05) is 12.1 Å². The highest BCUT2D eigenvalue weighted by Gasteiger charge is 2.28. The molecule has 1 saturated heterocycles. The van der Waals surface area contributed by atoms with Gasteiger partial charge >= 0.3 is 0 Å². The predicted molar refractivity (Wildman–Crippen MR) is 88.1 cm³/mol. The Balaban J connectivity index is 1.42. The Morgan fingerprint density at radius 1 is 1.48 bits per heavy atom. The van der Waals surface area contributed by atoms with Crippen molar-refractivity contribution in [3.05, 3.63) is 41.0 Å². The van der Waals surface area contributed by atoms with Crippen LogP contribution in [0.3, 0.4) is 0 Å². The summed E-state index contributed by atoms with van der Waals surface area (Å²) in [5.74, 6) is 1.90. The smallest absolute Gasteiger partial charge is 0.254 e. The van der Waals surface area contributed by atoms with E-state index < -0.39 is 6.17 Å². The van der Waals surface area contributed by atoms with Gasteiger partial charge in [0.2, 0.25) is 0 Å². The molecule has 0 saturated carbocycles. The minimum atomic E-state index is -0.861. The number of carbonyl (C=O) groups is 1. The van der Waals surface area contributed by atoms with Gasteiger partial charge in [0.15, 0.2) is 5.82 Å². The Kier molecular flexibility index (Phi) is 4.12. The summed E-state index contributed by atoms with van der Waals surface area (Å²) in [4.78, 5) is 18.6. The summed E-state index contributed by atoms with van der Waals surface area (Å²) in [7, 11) is 1.72. The van der Waals surface area contributed by atoms with Crippen molar-refractivity contribution in [1.29, 1.82) is 0 Å². The molecule has 132 valence electrons. The molecular formula is C17H20FN5O2. The van der Waals surface area contributed by atoms with Crippen LogP contribution in [0, 0.1) is 0 Å². The lowest BCUT2D eigenvalue weighted by Gasteiger charge is -2.16. The second kappa shape index (κ2) is 6.44. The van der Waals surface area contributed by atoms with Gasteiger partial charge in [-0.25, -0.2) is 9.37 Å². The number of aromatic nitrogens is 3. The van der Waals surface area contributed by atoms with Crippen LogP contribution < -0.4 is 10.1 Å². The number of nitrogens with one attached hydrogen (secondary N) is 2. The van der Waals surface area contributed by atoms with Gasteiger partial charge in [0.05, 0.1) is 19.2 Å². The molecule has 1 aromatic carbocycles. The molecule has 0 spiro atoms. The summed E-state index contributed by atoms with van der Waals surface area (Å²) in [6, 6.07) is 5.34. The maximum Gasteiger partial charge on any atom is 0.254 e. The number of hydrogen-bond acceptors (Lipinski definition) is 5. The van der Waals surface area contributed by atoms with E-state index in [-0.39, 0.29) is 11.9 Å². The van der Waals surface area contributed by atoms with Crippen LogP contribution in [0.5, 0.6) is 5.75 Å². The first-order valence-electron chi connectivity index (χ1n) is 8.40. The van der Waals surface area contributed by atoms with Crippen LogP contribution in [0.1, 0.15) is 40.0 Å². The molecule has 2 aliphatic heterocycles. The molecule has 0 unspecified atom stereocenters. The van der Waals surface area contributed by atoms with Crippen LogP contribution >= 0.6 is 0 Å². The highest BCUT2D eigenvalue weighted by Crippen LogP contribution is 2.26. The molecule has 2 aliphatic rings. The maximum absolute atomic E-state index is 13.3. The van der Waals surface area contributed by atoms with E-state index >= 15 is 0 Å². The summed E-state index contributed by atoms with van der Waals surface area (Å²) in [5, 5.41) is 10.0. The zero-order valence-electron chi connectivity index (χ0n) is 14.0. The first-order valence-corrected chi connectivity index (χ1v) is 8.40. The van der Waals surface area contributed by atoms with Crippen LogP contribution in [-0.2, 0) is 13.0 Å². The van der Waals surface area contributed by atoms with E-state index in [1.165, 1.54) is 0 Å². The zero-order chi connectivity index (χ0) is 17.4. The molecular weight excluding hydrogens is 325 g/mol. The number of nitrogens with zero attached hydrogens (tertiary/aromatic N) is 3. The number of halogens is 1. The van der Waals surface area contributed by atoms with Crippen molar-refractivity contribution in [3.8, 4) is 5.75 Å². The minimum Gasteiger partial charge on any atom is -0.493 e. The fourth-order valence-electron chi connectivity index (χ4n) is 3.26. The van der Waals surface area contributed by atoms with Gasteiger partial charge in [0.1, 0.15) is 17.7 Å². The summed E-state index contributed by atoms with van der Waals surface area (Å²) in [6.07, 6.45) is 0.346. The minimum absolute atomic E-state index is 0.0875. The molecule has 25 heavy (non-hydrogen) atoms. The van der Waals surface area contributed by atoms with Crippen molar-refractivity contribution >= 4 is 5.91 Å². The average molecular weight is 345 g/mol. The monoisotopic (exact) mass is 345 g/mol. The molecule has 2 atom stereocenters. The molecule has 7 nitrogen and oxygen atoms in total. The van der Waals surface area contributed by atoms with Crippen molar-refractivity contribution in [3.63, 3.8) is 0 Å². The molecule has 1 amide bonds. The van der Waals surface area contributed by atoms with E-state index in [0.717, 1.165) is 17.7 Å². The molecule has 1 aromatic heterocycles. The van der Waals surface area contributed by atoms with E-state index in [0.29, 0.717) is 43.3 Å². The van der Waals surface area contributed by atoms with Crippen molar-refractivity contribution in [2.45, 2.75) is 31.6 Å². The first-order chi connectivity index (χ1) is 12.1. The summed E-state index contributed by atoms with van der Waals surface area (Å²) in [5.41, 5.74) is 1.69. The van der Waals surface area contributed by atoms with Crippen molar-refractivity contribution in [2.75, 3.05) is 20.2 Å². The van der Waals surface area contributed by atoms with E-state index in [1.54, 1.807) is 18.0 Å². The molecule has 0 radical (unpaired) electrons. The Hall–Kier alpha value is -2.48. The summed E-state index contributed by atoms with van der Waals surface area (Å²) < 4.78 is 18.7. The highest BCUT2D eigenvalue weighted by molar-refractivity contribution is 5.94. The number of amides is 1. The maximum atomic E-state index is 13.3. The van der Waals surface area contributed by atoms with E-state index in [9.17, 15) is 9.18 Å². The lowest BCUT2D eigenvalue weighted by molar-refractivity contribution is 0.0781. The van der Waals surface area contributed by atoms with Gasteiger partial charge in [0, 0.05) is 32.0 Å². The van der Waals surface area contributed by atoms with E-state index in [2.05, 4.69) is 20.5 Å². The van der Waals surface area contributed by atoms with E-state index in [4.69, 9.17) is 4.74 Å². The molecule has 0 bridgehead atoms. The molecule has 2 aromatic rings. The van der Waals surface area contributed by atoms with Gasteiger partial charge in [-0.1, -0.05) is 0 Å². The third-order valence-corrected chi connectivity index (χ3v) is 4.61. The lowest BCUT2D eigenvalue weighted by atomic mass is 10.1. The molecule has 4 rings (SSSR count). The number of rotatable bonds is 4. The van der Waals surface area contributed by atoms with Crippen LogP contribution in [0.25, 0.3) is 0 Å². The van der Waals surface area contributed by atoms with Crippen LogP contribution in [-0.4, -0.2) is 52.4 Å². The zero-order valence-corrected chi connectivity index (χ0v) is 14.0. The van der Waals surface area contributed by atoms with Gasteiger partial charge in [-0.05, 0) is 23.8 Å². The lowest BCUT2D eigenvalue weighted by Crippen LogP contribution is -2.26. The molecule has 0 aliphatic carbocycles. The third-order valence-electron chi connectivity index (χ3n) is 4.61. The van der Waals surface area contributed by atoms with Gasteiger partial charge in [-0.3, -0.25) is 9.89 Å². The van der Waals surface area contributed by atoms with Gasteiger partial charge in [-0.2, -0.15) is 5.10 Å². The number of ether oxygens (including phenoxy) is 1. The SMILES string of the molecule is CN(Cc1nc([C@H]2C[C@H](F)CN2)n[nH]1)C(=O)c1ccc2c(c1)CCO2. The summed E-state index contributed by atoms with van der Waals surface area (Å²) >= 11 is 0. The Bertz CT molecular complexity index is 793. The molecule has 2 N–H and O–H groups in total. The third kappa shape index (κ3) is 3.21. The predicted octanol–water partition coefficient (Wildman–Crippen LogP) is 1.38. The number of H-pyrrole nitrogens is 1. The Labute approximate surface area is 144 Å². The Morgan fingerprint density at radius 3 is 3.16 bits per heavy atom. The van der Waals surface area contributed by atoms with Crippen molar-refractivity contribution < 1.29 is 13.9 Å². The number of alkyl halides is 1. The fraction of sp³-hybridized carbons (Fsp3) is 0.471. The number of hydrogen-bond donors (Lipinski definition) is 2. The fourth-order valence-corrected chi connectivity index (χ4v) is 3.26. The van der Waals surface area contributed by atoms with Crippen LogP contribution in [0.2, 0.25) is 0 Å². The number of aromatic amines is 1. The topological polar surface area (TPSA) is 83.1 Å². The van der Waals surface area contributed by atoms with Crippen LogP contribution in [0.15, 0.2) is 18.2 Å². The Morgan fingerprint density at radius 2 is 2.36 bits per heavy atom. The van der Waals surface area contributed by atoms with Gasteiger partial charge in [0.25, 0.3) is 5.91 Å². The number of benzene rings is 1. The second-order valence-corrected chi connectivity index (χ2v) is 6.52. The number of fused-ring (bicyclic) bond motifs is 1. The molecule has 8 heteroatoms. The van der Waals surface area contributed by atoms with Crippen molar-refractivity contribution in [2.24, 2.45) is 0 Å². The average Bonchev–Trinajstić information content (AvgIpc) is 3.33. The van der Waals surface area contributed by atoms with Gasteiger partial charge < -0.3 is 15.0 Å². The second-order valence-electron chi connectivity index (χ2n) is 6.52. The normalized spacial score (nSPS) is 21.8. The first kappa shape index (κ1) is 16.0. The quantitative estimate of drug-likeness (QED) is 0.875.